The third kappa shape index (κ3) is 2.51. The van der Waals surface area contributed by atoms with E-state index in [4.69, 9.17) is 11.1 Å². The molecule has 0 rings (SSSR count). The lowest BCUT2D eigenvalue weighted by atomic mass is 11.0. The highest BCUT2D eigenvalue weighted by Gasteiger charge is 1.62. The molecule has 0 N–H and O–H groups in total. The molecule has 4 heavy (non-hydrogen) atoms. The van der Waals surface area contributed by atoms with Gasteiger partial charge in [0.1, 0.15) is 8.83 Å². The van der Waals surface area contributed by atoms with Gasteiger partial charge in [0, 0.05) is 0 Å². The summed E-state index contributed by atoms with van der Waals surface area (Å²) in [7, 11) is -0.103. The van der Waals surface area contributed by atoms with E-state index >= 15 is 0 Å². The molecule has 0 heterocycles. The molecule has 0 aromatic heterocycles. The van der Waals surface area contributed by atoms with Gasteiger partial charge in [-0.15, -0.1) is 0 Å². The SMILES string of the molecule is CC[SiH2]Cl.[H+]. The van der Waals surface area contributed by atoms with E-state index in [1.54, 1.807) is 0 Å². The van der Waals surface area contributed by atoms with Crippen molar-refractivity contribution in [2.24, 2.45) is 0 Å². The first-order chi connectivity index (χ1) is 1.91. The topological polar surface area (TPSA) is 0 Å². The summed E-state index contributed by atoms with van der Waals surface area (Å²) in [5.41, 5.74) is 0. The van der Waals surface area contributed by atoms with Crippen LogP contribution < -0.4 is 0 Å². The average molecular weight is 95.6 g/mol. The average Bonchev–Trinajstić information content (AvgIpc) is 1.37. The Morgan fingerprint density at radius 3 is 2.50 bits per heavy atom. The highest BCUT2D eigenvalue weighted by Crippen LogP contribution is 1.73. The summed E-state index contributed by atoms with van der Waals surface area (Å²) in [6.45, 7) is 2.11. The summed E-state index contributed by atoms with van der Waals surface area (Å²) < 4.78 is 0. The Kier molecular flexibility index (Phi) is 3.95. The maximum Gasteiger partial charge on any atom is 1.00 e. The van der Waals surface area contributed by atoms with Crippen molar-refractivity contribution in [3.8, 4) is 0 Å². The van der Waals surface area contributed by atoms with Gasteiger partial charge >= 0.3 is 1.43 Å². The van der Waals surface area contributed by atoms with Crippen molar-refractivity contribution in [3.05, 3.63) is 0 Å². The third-order valence-corrected chi connectivity index (χ3v) is 1.70. The molecule has 0 aromatic carbocycles. The minimum absolute atomic E-state index is 0. The fourth-order valence-corrected chi connectivity index (χ4v) is 0. The lowest BCUT2D eigenvalue weighted by Gasteiger charge is -1.63. The quantitative estimate of drug-likeness (QED) is 0.335. The van der Waals surface area contributed by atoms with Crippen LogP contribution in [0.15, 0.2) is 0 Å². The fourth-order valence-electron chi connectivity index (χ4n) is 0. The second kappa shape index (κ2) is 3.51. The van der Waals surface area contributed by atoms with Crippen molar-refractivity contribution in [1.82, 2.24) is 0 Å². The maximum absolute atomic E-state index is 5.32. The molecule has 26 valence electrons. The Hall–Kier alpha value is 0.507. The molecule has 0 atom stereocenters. The zero-order valence-electron chi connectivity index (χ0n) is 3.79. The van der Waals surface area contributed by atoms with Gasteiger partial charge in [0.05, 0.1) is 0 Å². The molecule has 0 saturated carbocycles. The number of rotatable bonds is 1. The lowest BCUT2D eigenvalue weighted by Crippen LogP contribution is -1.61. The normalized spacial score (nSPS) is 10.5. The molecule has 0 radical (unpaired) electrons. The first-order valence-electron chi connectivity index (χ1n) is 1.47. The molecule has 0 fully saturated rings. The summed E-state index contributed by atoms with van der Waals surface area (Å²) in [5, 5.41) is 0. The Bertz CT molecular complexity index is 11.6. The van der Waals surface area contributed by atoms with E-state index in [1.807, 2.05) is 0 Å². The van der Waals surface area contributed by atoms with Crippen LogP contribution in [0.4, 0.5) is 0 Å². The highest BCUT2D eigenvalue weighted by atomic mass is 35.6. The molecule has 0 aliphatic heterocycles. The van der Waals surface area contributed by atoms with E-state index in [1.165, 1.54) is 6.04 Å². The maximum atomic E-state index is 5.32. The molecule has 0 bridgehead atoms. The number of hydrogen-bond donors (Lipinski definition) is 0. The van der Waals surface area contributed by atoms with E-state index in [2.05, 4.69) is 6.92 Å². The molecule has 0 unspecified atom stereocenters. The summed E-state index contributed by atoms with van der Waals surface area (Å²) >= 11 is 5.32. The molecule has 0 saturated heterocycles. The summed E-state index contributed by atoms with van der Waals surface area (Å²) in [4.78, 5) is 0. The molecular weight excluding hydrogens is 87.6 g/mol. The van der Waals surface area contributed by atoms with Gasteiger partial charge in [-0.1, -0.05) is 13.0 Å². The van der Waals surface area contributed by atoms with E-state index in [0.717, 1.165) is 0 Å². The van der Waals surface area contributed by atoms with Crippen LogP contribution in [0, 0.1) is 0 Å². The van der Waals surface area contributed by atoms with Crippen molar-refractivity contribution in [2.75, 3.05) is 0 Å². The predicted octanol–water partition coefficient (Wildman–Crippen LogP) is 0.860. The van der Waals surface area contributed by atoms with E-state index in [-0.39, 0.29) is 10.3 Å². The van der Waals surface area contributed by atoms with Crippen LogP contribution in [0.1, 0.15) is 8.35 Å². The van der Waals surface area contributed by atoms with Crippen molar-refractivity contribution in [1.29, 1.82) is 0 Å². The Labute approximate surface area is 35.2 Å². The van der Waals surface area contributed by atoms with Crippen LogP contribution in [0.25, 0.3) is 0 Å². The van der Waals surface area contributed by atoms with Crippen LogP contribution in [-0.4, -0.2) is 8.83 Å². The van der Waals surface area contributed by atoms with Crippen molar-refractivity contribution < 1.29 is 1.43 Å². The van der Waals surface area contributed by atoms with Crippen molar-refractivity contribution in [3.63, 3.8) is 0 Å². The molecule has 0 aliphatic carbocycles. The molecule has 2 heteroatoms. The largest absolute Gasteiger partial charge is 1.00 e. The van der Waals surface area contributed by atoms with E-state index in [0.29, 0.717) is 0 Å². The second-order valence-electron chi connectivity index (χ2n) is 0.689. The van der Waals surface area contributed by atoms with Gasteiger partial charge in [-0.3, -0.25) is 0 Å². The predicted molar refractivity (Wildman–Crippen MR) is 26.0 cm³/mol. The second-order valence-corrected chi connectivity index (χ2v) is 3.20. The van der Waals surface area contributed by atoms with E-state index < -0.39 is 0 Å². The Morgan fingerprint density at radius 2 is 2.50 bits per heavy atom. The van der Waals surface area contributed by atoms with Crippen LogP contribution in [0.5, 0.6) is 0 Å². The Morgan fingerprint density at radius 1 is 2.25 bits per heavy atom. The van der Waals surface area contributed by atoms with Gasteiger partial charge in [-0.2, -0.15) is 11.1 Å². The molecule has 0 amide bonds. The van der Waals surface area contributed by atoms with Crippen LogP contribution >= 0.6 is 11.1 Å². The summed E-state index contributed by atoms with van der Waals surface area (Å²) in [6.07, 6.45) is 0. The molecular formula is C2H8ClSi+. The monoisotopic (exact) mass is 95.0 g/mol. The van der Waals surface area contributed by atoms with Gasteiger partial charge in [-0.05, 0) is 0 Å². The van der Waals surface area contributed by atoms with Crippen molar-refractivity contribution in [2.45, 2.75) is 13.0 Å². The van der Waals surface area contributed by atoms with Crippen molar-refractivity contribution >= 4 is 19.9 Å². The standard InChI is InChI=1S/C2H7ClSi/c1-2-4-3/h2,4H2,1H3/p+1. The summed E-state index contributed by atoms with van der Waals surface area (Å²) in [5.74, 6) is 0. The lowest BCUT2D eigenvalue weighted by molar-refractivity contribution is 1.47. The highest BCUT2D eigenvalue weighted by molar-refractivity contribution is 6.93. The van der Waals surface area contributed by atoms with Gasteiger partial charge in [-0.25, -0.2) is 0 Å². The van der Waals surface area contributed by atoms with E-state index in [9.17, 15) is 0 Å². The van der Waals surface area contributed by atoms with Gasteiger partial charge in [0.25, 0.3) is 0 Å². The summed E-state index contributed by atoms with van der Waals surface area (Å²) in [6, 6.07) is 1.22. The molecule has 0 aromatic rings. The zero-order chi connectivity index (χ0) is 3.41. The van der Waals surface area contributed by atoms with Gasteiger partial charge in [0.15, 0.2) is 0 Å². The molecule has 0 nitrogen and oxygen atoms in total. The van der Waals surface area contributed by atoms with Crippen LogP contribution in [-0.2, 0) is 0 Å². The number of halogens is 1. The zero-order valence-corrected chi connectivity index (χ0v) is 4.96. The minimum Gasteiger partial charge on any atom is -0.176 e. The smallest absolute Gasteiger partial charge is 0.176 e. The molecule has 0 spiro atoms. The minimum atomic E-state index is -0.103. The van der Waals surface area contributed by atoms with Crippen LogP contribution in [0.3, 0.4) is 0 Å². The third-order valence-electron chi connectivity index (χ3n) is 0.189. The van der Waals surface area contributed by atoms with Gasteiger partial charge in [0.2, 0.25) is 0 Å². The number of hydrogen-bond acceptors (Lipinski definition) is 0. The first kappa shape index (κ1) is 4.51. The Balaban J connectivity index is 0. The van der Waals surface area contributed by atoms with Crippen LogP contribution in [0.2, 0.25) is 6.04 Å². The molecule has 0 aliphatic rings. The fraction of sp³-hybridized carbons (Fsp3) is 1.00. The first-order valence-corrected chi connectivity index (χ1v) is 4.61. The van der Waals surface area contributed by atoms with Gasteiger partial charge < -0.3 is 0 Å².